The molecular formula is C17H23F3N3O4-. The van der Waals surface area contributed by atoms with Crippen LogP contribution in [-0.4, -0.2) is 41.9 Å². The van der Waals surface area contributed by atoms with Gasteiger partial charge in [-0.3, -0.25) is 4.79 Å². The predicted octanol–water partition coefficient (Wildman–Crippen LogP) is 4.01. The highest BCUT2D eigenvalue weighted by Crippen LogP contribution is 2.29. The van der Waals surface area contributed by atoms with Crippen molar-refractivity contribution < 1.29 is 27.5 Å². The van der Waals surface area contributed by atoms with Crippen LogP contribution in [0.4, 0.5) is 23.7 Å². The van der Waals surface area contributed by atoms with E-state index in [0.717, 1.165) is 24.3 Å². The second kappa shape index (κ2) is 10.7. The fourth-order valence-corrected chi connectivity index (χ4v) is 2.23. The third-order valence-corrected chi connectivity index (χ3v) is 3.48. The average Bonchev–Trinajstić information content (AvgIpc) is 2.60. The van der Waals surface area contributed by atoms with E-state index in [1.807, 2.05) is 6.92 Å². The maximum absolute atomic E-state index is 12.5. The number of halogens is 3. The highest BCUT2D eigenvalue weighted by atomic mass is 19.4. The summed E-state index contributed by atoms with van der Waals surface area (Å²) >= 11 is 0. The predicted molar refractivity (Wildman–Crippen MR) is 93.4 cm³/mol. The van der Waals surface area contributed by atoms with Crippen molar-refractivity contribution in [2.75, 3.05) is 25.0 Å². The van der Waals surface area contributed by atoms with Crippen molar-refractivity contribution in [1.29, 1.82) is 0 Å². The lowest BCUT2D eigenvalue weighted by atomic mass is 10.2. The van der Waals surface area contributed by atoms with Gasteiger partial charge in [0.2, 0.25) is 0 Å². The molecule has 0 aliphatic heterocycles. The van der Waals surface area contributed by atoms with E-state index in [1.165, 1.54) is 5.01 Å². The van der Waals surface area contributed by atoms with Crippen molar-refractivity contribution in [3.8, 4) is 0 Å². The number of hydrazine groups is 1. The SMILES string of the molecule is CCCN(CCCC(=O)OCC)N([O-])C(=O)Nc1ccc(C(F)(F)F)cc1. The van der Waals surface area contributed by atoms with Crippen LogP contribution in [0.25, 0.3) is 0 Å². The van der Waals surface area contributed by atoms with Gasteiger partial charge in [0, 0.05) is 25.2 Å². The second-order valence-corrected chi connectivity index (χ2v) is 5.64. The lowest BCUT2D eigenvalue weighted by Crippen LogP contribution is -2.45. The Kier molecular flexibility index (Phi) is 9.03. The van der Waals surface area contributed by atoms with Crippen LogP contribution < -0.4 is 5.32 Å². The van der Waals surface area contributed by atoms with E-state index in [2.05, 4.69) is 5.32 Å². The number of anilines is 1. The fourth-order valence-electron chi connectivity index (χ4n) is 2.23. The number of nitrogens with one attached hydrogen (secondary N) is 1. The van der Waals surface area contributed by atoms with Crippen molar-refractivity contribution in [3.63, 3.8) is 0 Å². The normalized spacial score (nSPS) is 11.4. The van der Waals surface area contributed by atoms with E-state index in [9.17, 15) is 28.0 Å². The fraction of sp³-hybridized carbons (Fsp3) is 0.529. The summed E-state index contributed by atoms with van der Waals surface area (Å²) in [5, 5.41) is 15.8. The number of hydrogen-bond donors (Lipinski definition) is 1. The van der Waals surface area contributed by atoms with Crippen LogP contribution in [0.5, 0.6) is 0 Å². The Bertz CT molecular complexity index is 608. The quantitative estimate of drug-likeness (QED) is 0.509. The van der Waals surface area contributed by atoms with Crippen LogP contribution in [0.1, 0.15) is 38.7 Å². The molecule has 0 fully saturated rings. The molecule has 0 atom stereocenters. The van der Waals surface area contributed by atoms with Crippen LogP contribution in [-0.2, 0) is 15.7 Å². The first-order valence-electron chi connectivity index (χ1n) is 8.55. The number of alkyl halides is 3. The molecule has 0 saturated heterocycles. The molecule has 0 aliphatic rings. The van der Waals surface area contributed by atoms with Gasteiger partial charge < -0.3 is 20.4 Å². The Hall–Kier alpha value is -2.33. The summed E-state index contributed by atoms with van der Waals surface area (Å²) < 4.78 is 42.4. The van der Waals surface area contributed by atoms with Gasteiger partial charge in [0.1, 0.15) is 0 Å². The number of carbonyl (C=O) groups excluding carboxylic acids is 2. The van der Waals surface area contributed by atoms with Crippen molar-refractivity contribution in [2.24, 2.45) is 0 Å². The molecule has 0 unspecified atom stereocenters. The van der Waals surface area contributed by atoms with Gasteiger partial charge in [-0.2, -0.15) is 13.2 Å². The molecule has 1 aromatic rings. The lowest BCUT2D eigenvalue weighted by Gasteiger charge is -2.39. The number of hydrogen-bond acceptors (Lipinski definition) is 5. The Morgan fingerprint density at radius 3 is 2.30 bits per heavy atom. The van der Waals surface area contributed by atoms with E-state index in [0.29, 0.717) is 12.8 Å². The number of ether oxygens (including phenoxy) is 1. The third-order valence-electron chi connectivity index (χ3n) is 3.48. The number of benzene rings is 1. The summed E-state index contributed by atoms with van der Waals surface area (Å²) in [5.74, 6) is -0.388. The molecule has 152 valence electrons. The van der Waals surface area contributed by atoms with Crippen LogP contribution in [0.15, 0.2) is 24.3 Å². The molecule has 7 nitrogen and oxygen atoms in total. The van der Waals surface area contributed by atoms with Crippen molar-refractivity contribution >= 4 is 17.7 Å². The van der Waals surface area contributed by atoms with E-state index < -0.39 is 17.8 Å². The minimum absolute atomic E-state index is 0.0665. The van der Waals surface area contributed by atoms with Gasteiger partial charge in [-0.05, 0) is 44.0 Å². The number of esters is 1. The molecule has 1 N–H and O–H groups in total. The number of hydroxylamine groups is 1. The molecule has 1 aromatic carbocycles. The first-order chi connectivity index (χ1) is 12.7. The molecule has 0 radical (unpaired) electrons. The van der Waals surface area contributed by atoms with Gasteiger partial charge in [0.25, 0.3) is 0 Å². The van der Waals surface area contributed by atoms with Crippen molar-refractivity contribution in [3.05, 3.63) is 35.0 Å². The van der Waals surface area contributed by atoms with Gasteiger partial charge in [-0.25, -0.2) is 9.80 Å². The minimum Gasteiger partial charge on any atom is -0.740 e. The number of rotatable bonds is 9. The van der Waals surface area contributed by atoms with Crippen LogP contribution in [0, 0.1) is 5.21 Å². The Morgan fingerprint density at radius 2 is 1.78 bits per heavy atom. The summed E-state index contributed by atoms with van der Waals surface area (Å²) in [5.41, 5.74) is -0.789. The number of nitrogens with zero attached hydrogens (tertiary/aromatic N) is 2. The molecule has 0 aliphatic carbocycles. The Labute approximate surface area is 155 Å². The standard InChI is InChI=1S/C17H23F3N3O4/c1-3-11-22(12-5-6-15(24)27-4-2)23(26)16(25)21-14-9-7-13(8-10-14)17(18,19)20/h7-10H,3-6,11-12H2,1-2H3,(H,21,25)/q-1. The van der Waals surface area contributed by atoms with Crippen molar-refractivity contribution in [1.82, 2.24) is 10.2 Å². The molecule has 1 rings (SSSR count). The van der Waals surface area contributed by atoms with Gasteiger partial charge in [-0.15, -0.1) is 0 Å². The zero-order valence-corrected chi connectivity index (χ0v) is 15.2. The first kappa shape index (κ1) is 22.7. The molecule has 27 heavy (non-hydrogen) atoms. The maximum atomic E-state index is 12.5. The van der Waals surface area contributed by atoms with Gasteiger partial charge >= 0.3 is 18.2 Å². The average molecular weight is 390 g/mol. The molecule has 0 aromatic heterocycles. The summed E-state index contributed by atoms with van der Waals surface area (Å²) in [7, 11) is 0. The summed E-state index contributed by atoms with van der Waals surface area (Å²) in [6.07, 6.45) is -3.46. The molecular weight excluding hydrogens is 367 g/mol. The van der Waals surface area contributed by atoms with Gasteiger partial charge in [0.15, 0.2) is 0 Å². The molecule has 0 bridgehead atoms. The van der Waals surface area contributed by atoms with Crippen LogP contribution in [0.2, 0.25) is 0 Å². The monoisotopic (exact) mass is 390 g/mol. The highest BCUT2D eigenvalue weighted by molar-refractivity contribution is 5.89. The summed E-state index contributed by atoms with van der Waals surface area (Å²) in [4.78, 5) is 23.4. The highest BCUT2D eigenvalue weighted by Gasteiger charge is 2.30. The smallest absolute Gasteiger partial charge is 0.416 e. The minimum atomic E-state index is -4.48. The lowest BCUT2D eigenvalue weighted by molar-refractivity contribution is -0.143. The topological polar surface area (TPSA) is 84.9 Å². The van der Waals surface area contributed by atoms with Crippen LogP contribution >= 0.6 is 0 Å². The third kappa shape index (κ3) is 7.83. The van der Waals surface area contributed by atoms with Gasteiger partial charge in [-0.1, -0.05) is 6.92 Å². The van der Waals surface area contributed by atoms with Crippen molar-refractivity contribution in [2.45, 2.75) is 39.3 Å². The summed E-state index contributed by atoms with van der Waals surface area (Å²) in [6, 6.07) is 2.74. The van der Waals surface area contributed by atoms with E-state index in [4.69, 9.17) is 4.74 Å². The van der Waals surface area contributed by atoms with Crippen LogP contribution in [0.3, 0.4) is 0 Å². The summed E-state index contributed by atoms with van der Waals surface area (Å²) in [6.45, 7) is 4.22. The largest absolute Gasteiger partial charge is 0.740 e. The first-order valence-corrected chi connectivity index (χ1v) is 8.55. The number of urea groups is 1. The van der Waals surface area contributed by atoms with Gasteiger partial charge in [0.05, 0.1) is 12.2 Å². The zero-order chi connectivity index (χ0) is 20.4. The second-order valence-electron chi connectivity index (χ2n) is 5.64. The number of amides is 2. The Morgan fingerprint density at radius 1 is 1.15 bits per heavy atom. The molecule has 2 amide bonds. The number of carbonyl (C=O) groups is 2. The zero-order valence-electron chi connectivity index (χ0n) is 15.2. The molecule has 0 heterocycles. The Balaban J connectivity index is 2.62. The van der Waals surface area contributed by atoms with E-state index >= 15 is 0 Å². The molecule has 0 saturated carbocycles. The molecule has 10 heteroatoms. The van der Waals surface area contributed by atoms with E-state index in [1.54, 1.807) is 6.92 Å². The molecule has 0 spiro atoms. The van der Waals surface area contributed by atoms with E-state index in [-0.39, 0.29) is 42.9 Å². The maximum Gasteiger partial charge on any atom is 0.416 e.